The molecular weight excluding hydrogens is 526 g/mol. The van der Waals surface area contributed by atoms with Crippen molar-refractivity contribution in [3.8, 4) is 5.75 Å². The third-order valence-corrected chi connectivity index (χ3v) is 7.81. The number of carboxylic acid groups (broad SMARTS) is 1. The van der Waals surface area contributed by atoms with Gasteiger partial charge >= 0.3 is 5.97 Å². The molecular formula is C32H32ClN3O4. The predicted octanol–water partition coefficient (Wildman–Crippen LogP) is 5.74. The van der Waals surface area contributed by atoms with Crippen molar-refractivity contribution in [3.63, 3.8) is 0 Å². The summed E-state index contributed by atoms with van der Waals surface area (Å²) in [6, 6.07) is 18.9. The number of benzene rings is 3. The first-order chi connectivity index (χ1) is 19.4. The number of aromatic carboxylic acids is 1. The van der Waals surface area contributed by atoms with E-state index in [-0.39, 0.29) is 5.91 Å². The van der Waals surface area contributed by atoms with Crippen LogP contribution in [0, 0.1) is 0 Å². The number of hydrogen-bond donors (Lipinski definition) is 2. The molecule has 0 bridgehead atoms. The van der Waals surface area contributed by atoms with E-state index in [9.17, 15) is 14.7 Å². The molecule has 1 saturated heterocycles. The number of nitrogens with zero attached hydrogens (tertiary/aromatic N) is 2. The van der Waals surface area contributed by atoms with Crippen molar-refractivity contribution in [2.24, 2.45) is 0 Å². The molecule has 3 aromatic carbocycles. The molecule has 0 unspecified atom stereocenters. The van der Waals surface area contributed by atoms with Crippen molar-refractivity contribution in [2.75, 3.05) is 50.1 Å². The standard InChI is InChI=1S/C32H32ClN3O4/c1-3-30(37)34-25-9-13-27-22(18-25)4-5-23(31(27)28-12-8-24(33)19-29(28)40-2)20-35-14-16-36(17-15-35)26-10-6-21(7-11-26)32(38)39/h3,6-13,18-19H,1,4-5,14-17,20H2,2H3,(H,34,37)(H,38,39). The smallest absolute Gasteiger partial charge is 0.335 e. The van der Waals surface area contributed by atoms with Crippen molar-refractivity contribution in [1.82, 2.24) is 4.90 Å². The van der Waals surface area contributed by atoms with E-state index in [1.807, 2.05) is 42.5 Å². The number of carboxylic acids is 1. The molecule has 0 saturated carbocycles. The number of hydrogen-bond acceptors (Lipinski definition) is 5. The van der Waals surface area contributed by atoms with Gasteiger partial charge in [0.05, 0.1) is 12.7 Å². The Morgan fingerprint density at radius 2 is 1.73 bits per heavy atom. The monoisotopic (exact) mass is 557 g/mol. The molecule has 0 atom stereocenters. The summed E-state index contributed by atoms with van der Waals surface area (Å²) in [6.45, 7) is 7.90. The average Bonchev–Trinajstić information content (AvgIpc) is 2.97. The largest absolute Gasteiger partial charge is 0.496 e. The zero-order chi connectivity index (χ0) is 28.2. The number of aryl methyl sites for hydroxylation is 1. The molecule has 3 aromatic rings. The fraction of sp³-hybridized carbons (Fsp3) is 0.250. The zero-order valence-corrected chi connectivity index (χ0v) is 23.2. The highest BCUT2D eigenvalue weighted by molar-refractivity contribution is 6.30. The SMILES string of the molecule is C=CC(=O)Nc1ccc2c(c1)CCC(CN1CCN(c3ccc(C(=O)O)cc3)CC1)=C2c1ccc(Cl)cc1OC. The summed E-state index contributed by atoms with van der Waals surface area (Å²) >= 11 is 6.31. The highest BCUT2D eigenvalue weighted by atomic mass is 35.5. The summed E-state index contributed by atoms with van der Waals surface area (Å²) in [5.74, 6) is -0.417. The minimum absolute atomic E-state index is 0.233. The molecule has 40 heavy (non-hydrogen) atoms. The number of ether oxygens (including phenoxy) is 1. The minimum atomic E-state index is -0.912. The lowest BCUT2D eigenvalue weighted by atomic mass is 9.81. The van der Waals surface area contributed by atoms with E-state index < -0.39 is 5.97 Å². The van der Waals surface area contributed by atoms with E-state index >= 15 is 0 Å². The van der Waals surface area contributed by atoms with Gasteiger partial charge in [0, 0.05) is 54.7 Å². The second-order valence-corrected chi connectivity index (χ2v) is 10.4. The van der Waals surface area contributed by atoms with E-state index in [4.69, 9.17) is 16.3 Å². The first-order valence-electron chi connectivity index (χ1n) is 13.3. The Bertz CT molecular complexity index is 1470. The zero-order valence-electron chi connectivity index (χ0n) is 22.5. The van der Waals surface area contributed by atoms with Gasteiger partial charge in [-0.25, -0.2) is 4.79 Å². The number of amides is 1. The molecule has 0 radical (unpaired) electrons. The maximum Gasteiger partial charge on any atom is 0.335 e. The van der Waals surface area contributed by atoms with Crippen molar-refractivity contribution in [3.05, 3.63) is 106 Å². The molecule has 7 nitrogen and oxygen atoms in total. The Morgan fingerprint density at radius 1 is 1.00 bits per heavy atom. The van der Waals surface area contributed by atoms with Gasteiger partial charge in [-0.15, -0.1) is 0 Å². The summed E-state index contributed by atoms with van der Waals surface area (Å²) in [7, 11) is 1.66. The molecule has 2 aliphatic rings. The maximum atomic E-state index is 11.9. The summed E-state index contributed by atoms with van der Waals surface area (Å²) < 4.78 is 5.77. The lowest BCUT2D eigenvalue weighted by molar-refractivity contribution is -0.111. The van der Waals surface area contributed by atoms with Crippen LogP contribution in [-0.4, -0.2) is 61.7 Å². The summed E-state index contributed by atoms with van der Waals surface area (Å²) in [5, 5.41) is 12.7. The van der Waals surface area contributed by atoms with Crippen LogP contribution in [0.4, 0.5) is 11.4 Å². The van der Waals surface area contributed by atoms with E-state index in [0.717, 1.165) is 79.4 Å². The highest BCUT2D eigenvalue weighted by Gasteiger charge is 2.26. The normalized spacial score (nSPS) is 15.4. The van der Waals surface area contributed by atoms with Crippen LogP contribution in [-0.2, 0) is 11.2 Å². The van der Waals surface area contributed by atoms with Crippen LogP contribution in [0.3, 0.4) is 0 Å². The molecule has 2 N–H and O–H groups in total. The fourth-order valence-electron chi connectivity index (χ4n) is 5.53. The molecule has 1 fully saturated rings. The van der Waals surface area contributed by atoms with Gasteiger partial charge < -0.3 is 20.1 Å². The van der Waals surface area contributed by atoms with E-state index in [2.05, 4.69) is 27.8 Å². The molecule has 8 heteroatoms. The number of carbonyl (C=O) groups is 2. The van der Waals surface area contributed by atoms with E-state index in [0.29, 0.717) is 10.6 Å². The first-order valence-corrected chi connectivity index (χ1v) is 13.7. The van der Waals surface area contributed by atoms with Crippen molar-refractivity contribution >= 4 is 40.4 Å². The molecule has 1 heterocycles. The molecule has 1 aliphatic heterocycles. The third-order valence-electron chi connectivity index (χ3n) is 7.58. The molecule has 5 rings (SSSR count). The predicted molar refractivity (Wildman–Crippen MR) is 160 cm³/mol. The highest BCUT2D eigenvalue weighted by Crippen LogP contribution is 2.41. The van der Waals surface area contributed by atoms with Gasteiger partial charge in [-0.1, -0.05) is 24.2 Å². The van der Waals surface area contributed by atoms with Gasteiger partial charge in [-0.05, 0) is 95.8 Å². The molecule has 206 valence electrons. The Hall–Kier alpha value is -4.07. The second-order valence-electron chi connectivity index (χ2n) is 10.0. The maximum absolute atomic E-state index is 11.9. The molecule has 0 aromatic heterocycles. The van der Waals surface area contributed by atoms with E-state index in [1.165, 1.54) is 17.2 Å². The second kappa shape index (κ2) is 12.0. The van der Waals surface area contributed by atoms with Crippen molar-refractivity contribution in [2.45, 2.75) is 12.8 Å². The lowest BCUT2D eigenvalue weighted by Gasteiger charge is -2.37. The molecule has 0 spiro atoms. The quantitative estimate of drug-likeness (QED) is 0.344. The Kier molecular flexibility index (Phi) is 8.24. The molecule has 1 aliphatic carbocycles. The van der Waals surface area contributed by atoms with Crippen molar-refractivity contribution < 1.29 is 19.4 Å². The van der Waals surface area contributed by atoms with Gasteiger partial charge in [0.25, 0.3) is 0 Å². The number of nitrogens with one attached hydrogen (secondary N) is 1. The number of carbonyl (C=O) groups excluding carboxylic acids is 1. The Balaban J connectivity index is 1.42. The summed E-state index contributed by atoms with van der Waals surface area (Å²) in [6.07, 6.45) is 3.04. The molecule has 1 amide bonds. The van der Waals surface area contributed by atoms with Crippen LogP contribution in [0.5, 0.6) is 5.75 Å². The van der Waals surface area contributed by atoms with Gasteiger partial charge in [0.2, 0.25) is 5.91 Å². The summed E-state index contributed by atoms with van der Waals surface area (Å²) in [4.78, 5) is 27.9. The first kappa shape index (κ1) is 27.5. The van der Waals surface area contributed by atoms with Crippen LogP contribution in [0.15, 0.2) is 78.9 Å². The number of rotatable bonds is 8. The summed E-state index contributed by atoms with van der Waals surface area (Å²) in [5.41, 5.74) is 7.90. The Labute approximate surface area is 239 Å². The van der Waals surface area contributed by atoms with Crippen LogP contribution in [0.25, 0.3) is 5.57 Å². The number of halogens is 1. The third kappa shape index (κ3) is 5.91. The van der Waals surface area contributed by atoms with Crippen LogP contribution < -0.4 is 15.0 Å². The number of anilines is 2. The van der Waals surface area contributed by atoms with Crippen LogP contribution >= 0.6 is 11.6 Å². The van der Waals surface area contributed by atoms with Crippen molar-refractivity contribution in [1.29, 1.82) is 0 Å². The van der Waals surface area contributed by atoms with Gasteiger partial charge in [0.1, 0.15) is 5.75 Å². The van der Waals surface area contributed by atoms with Crippen LogP contribution in [0.2, 0.25) is 5.02 Å². The lowest BCUT2D eigenvalue weighted by Crippen LogP contribution is -2.47. The van der Waals surface area contributed by atoms with Gasteiger partial charge in [-0.2, -0.15) is 0 Å². The average molecular weight is 558 g/mol. The van der Waals surface area contributed by atoms with E-state index in [1.54, 1.807) is 19.2 Å². The van der Waals surface area contributed by atoms with Crippen LogP contribution in [0.1, 0.15) is 33.5 Å². The van der Waals surface area contributed by atoms with Gasteiger partial charge in [0.15, 0.2) is 0 Å². The minimum Gasteiger partial charge on any atom is -0.496 e. The number of piperazine rings is 1. The Morgan fingerprint density at radius 3 is 2.40 bits per heavy atom. The topological polar surface area (TPSA) is 82.1 Å². The fourth-order valence-corrected chi connectivity index (χ4v) is 5.69. The number of methoxy groups -OCH3 is 1. The van der Waals surface area contributed by atoms with Gasteiger partial charge in [-0.3, -0.25) is 9.69 Å². The number of fused-ring (bicyclic) bond motifs is 1.